The Morgan fingerprint density at radius 3 is 2.10 bits per heavy atom. The standard InChI is InChI=1S/C3H7NO2S.Ca.H2O.Zn.2H/c4-2(1-7)3(5)6;;;;;/h2,7H,1,4H2,(H,5,6);;1H2;;;/q;+2;;;2*-1/t2-;;;;;/m0...../s1. The molecular weight excluding hydrogens is 236 g/mol. The minimum absolute atomic E-state index is 0. The third-order valence-electron chi connectivity index (χ3n) is 0.514. The first-order valence-corrected chi connectivity index (χ1v) is 2.41. The van der Waals surface area contributed by atoms with E-state index in [-0.39, 0.29) is 71.3 Å². The molecule has 0 heterocycles. The Kier molecular flexibility index (Phi) is 29.9. The van der Waals surface area contributed by atoms with E-state index in [1.165, 1.54) is 0 Å². The van der Waals surface area contributed by atoms with Crippen molar-refractivity contribution in [2.24, 2.45) is 5.73 Å². The van der Waals surface area contributed by atoms with Crippen LogP contribution in [-0.4, -0.2) is 66.1 Å². The molecule has 0 fully saturated rings. The van der Waals surface area contributed by atoms with Crippen molar-refractivity contribution in [2.45, 2.75) is 6.04 Å². The van der Waals surface area contributed by atoms with Gasteiger partial charge in [-0.05, 0) is 0 Å². The summed E-state index contributed by atoms with van der Waals surface area (Å²) in [6, 6.07) is -0.816. The predicted molar refractivity (Wildman–Crippen MR) is 41.1 cm³/mol. The van der Waals surface area contributed by atoms with Crippen LogP contribution in [0.1, 0.15) is 2.85 Å². The van der Waals surface area contributed by atoms with Gasteiger partial charge < -0.3 is 19.2 Å². The molecule has 0 rings (SSSR count). The van der Waals surface area contributed by atoms with Gasteiger partial charge in [0.25, 0.3) is 0 Å². The largest absolute Gasteiger partial charge is 2.00 e. The van der Waals surface area contributed by atoms with Gasteiger partial charge in [-0.3, -0.25) is 4.79 Å². The second-order valence-electron chi connectivity index (χ2n) is 1.13. The van der Waals surface area contributed by atoms with E-state index in [1.54, 1.807) is 0 Å². The maximum atomic E-state index is 9.76. The summed E-state index contributed by atoms with van der Waals surface area (Å²) in [6.45, 7) is 0. The average molecular weight is 247 g/mol. The van der Waals surface area contributed by atoms with Gasteiger partial charge in [0.1, 0.15) is 6.04 Å². The van der Waals surface area contributed by atoms with Crippen LogP contribution in [0.2, 0.25) is 0 Å². The smallest absolute Gasteiger partial charge is 1.00 e. The van der Waals surface area contributed by atoms with E-state index in [2.05, 4.69) is 12.6 Å². The molecule has 56 valence electrons. The summed E-state index contributed by atoms with van der Waals surface area (Å²) < 4.78 is 0. The van der Waals surface area contributed by atoms with Crippen molar-refractivity contribution in [2.75, 3.05) is 5.75 Å². The van der Waals surface area contributed by atoms with Crippen LogP contribution in [0.4, 0.5) is 0 Å². The number of aliphatic carboxylic acids is 1. The quantitative estimate of drug-likeness (QED) is 0.402. The van der Waals surface area contributed by atoms with Crippen molar-refractivity contribution in [3.63, 3.8) is 0 Å². The van der Waals surface area contributed by atoms with Gasteiger partial charge in [-0.25, -0.2) is 0 Å². The third kappa shape index (κ3) is 12.3. The fraction of sp³-hybridized carbons (Fsp3) is 0.667. The van der Waals surface area contributed by atoms with Crippen LogP contribution in [0.25, 0.3) is 0 Å². The molecule has 0 spiro atoms. The Bertz CT molecular complexity index is 93.9. The monoisotopic (exact) mass is 245 g/mol. The summed E-state index contributed by atoms with van der Waals surface area (Å²) in [7, 11) is 0. The molecule has 0 aromatic carbocycles. The minimum atomic E-state index is -1.00. The third-order valence-corrected chi connectivity index (χ3v) is 0.907. The molecule has 0 unspecified atom stereocenters. The van der Waals surface area contributed by atoms with E-state index in [4.69, 9.17) is 10.8 Å². The van der Waals surface area contributed by atoms with Gasteiger partial charge in [0, 0.05) is 25.2 Å². The molecule has 4 nitrogen and oxygen atoms in total. The summed E-state index contributed by atoms with van der Waals surface area (Å²) in [5.74, 6) is -0.815. The average Bonchev–Trinajstić information content (AvgIpc) is 1.65. The molecule has 0 amide bonds. The molecule has 0 aromatic rings. The molecule has 0 aromatic heterocycles. The first kappa shape index (κ1) is 22.6. The second kappa shape index (κ2) is 13.2. The van der Waals surface area contributed by atoms with Crippen molar-refractivity contribution in [3.05, 3.63) is 0 Å². The molecule has 5 N–H and O–H groups in total. The van der Waals surface area contributed by atoms with E-state index in [9.17, 15) is 4.79 Å². The van der Waals surface area contributed by atoms with Crippen LogP contribution in [0, 0.1) is 0 Å². The molecule has 7 heteroatoms. The zero-order valence-corrected chi connectivity index (χ0v) is 11.6. The second-order valence-corrected chi connectivity index (χ2v) is 1.49. The minimum Gasteiger partial charge on any atom is -1.00 e. The normalized spacial score (nSPS) is 9.40. The Morgan fingerprint density at radius 1 is 1.80 bits per heavy atom. The zero-order valence-electron chi connectivity index (χ0n) is 7.58. The molecule has 0 bridgehead atoms. The Morgan fingerprint density at radius 2 is 2.10 bits per heavy atom. The summed E-state index contributed by atoms with van der Waals surface area (Å²) in [5.41, 5.74) is 4.94. The molecule has 1 atom stereocenters. The van der Waals surface area contributed by atoms with E-state index in [0.717, 1.165) is 0 Å². The Balaban J connectivity index is -0.0000000180. The van der Waals surface area contributed by atoms with Crippen molar-refractivity contribution in [1.29, 1.82) is 0 Å². The van der Waals surface area contributed by atoms with Crippen LogP contribution >= 0.6 is 12.6 Å². The molecule has 0 saturated carbocycles. The van der Waals surface area contributed by atoms with Crippen molar-refractivity contribution in [3.8, 4) is 0 Å². The van der Waals surface area contributed by atoms with Crippen molar-refractivity contribution < 1.29 is 37.7 Å². The summed E-state index contributed by atoms with van der Waals surface area (Å²) >= 11 is 3.65. The summed E-state index contributed by atoms with van der Waals surface area (Å²) in [5, 5.41) is 8.01. The molecule has 10 heavy (non-hydrogen) atoms. The zero-order chi connectivity index (χ0) is 5.86. The van der Waals surface area contributed by atoms with Crippen molar-refractivity contribution >= 4 is 56.3 Å². The molecule has 0 aliphatic heterocycles. The number of carbonyl (C=O) groups is 1. The van der Waals surface area contributed by atoms with Gasteiger partial charge in [-0.2, -0.15) is 12.6 Å². The van der Waals surface area contributed by atoms with Crippen LogP contribution in [0.3, 0.4) is 0 Å². The number of thiol groups is 1. The molecular formula is C3H11CaNO3SZn. The fourth-order valence-electron chi connectivity index (χ4n) is 0.0781. The van der Waals surface area contributed by atoms with E-state index < -0.39 is 12.0 Å². The van der Waals surface area contributed by atoms with Gasteiger partial charge in [0.05, 0.1) is 0 Å². The number of nitrogens with two attached hydrogens (primary N) is 1. The molecule has 0 saturated heterocycles. The maximum absolute atomic E-state index is 9.76. The fourth-order valence-corrected chi connectivity index (χ4v) is 0.234. The molecule has 0 aliphatic rings. The van der Waals surface area contributed by atoms with E-state index in [1.807, 2.05) is 0 Å². The Hall–Kier alpha value is 1.62. The number of carboxylic acids is 1. The first-order chi connectivity index (χ1) is 3.18. The van der Waals surface area contributed by atoms with Crippen LogP contribution in [-0.2, 0) is 24.3 Å². The maximum Gasteiger partial charge on any atom is 2.00 e. The van der Waals surface area contributed by atoms with Gasteiger partial charge >= 0.3 is 43.7 Å². The predicted octanol–water partition coefficient (Wildman–Crippen LogP) is -1.65. The van der Waals surface area contributed by atoms with E-state index in [0.29, 0.717) is 0 Å². The van der Waals surface area contributed by atoms with Gasteiger partial charge in [-0.1, -0.05) is 0 Å². The van der Waals surface area contributed by atoms with Crippen molar-refractivity contribution in [1.82, 2.24) is 0 Å². The summed E-state index contributed by atoms with van der Waals surface area (Å²) in [6.07, 6.45) is 0. The first-order valence-electron chi connectivity index (χ1n) is 1.77. The van der Waals surface area contributed by atoms with Gasteiger partial charge in [0.2, 0.25) is 0 Å². The van der Waals surface area contributed by atoms with Crippen LogP contribution < -0.4 is 5.73 Å². The van der Waals surface area contributed by atoms with Crippen LogP contribution in [0.5, 0.6) is 0 Å². The number of rotatable bonds is 2. The number of carboxylic acid groups (broad SMARTS) is 1. The number of hydrogen-bond donors (Lipinski definition) is 3. The topological polar surface area (TPSA) is 94.8 Å². The molecule has 0 aliphatic carbocycles. The molecule has 0 radical (unpaired) electrons. The Labute approximate surface area is 110 Å². The van der Waals surface area contributed by atoms with Gasteiger partial charge in [-0.15, -0.1) is 0 Å². The van der Waals surface area contributed by atoms with Gasteiger partial charge in [0.15, 0.2) is 0 Å². The summed E-state index contributed by atoms with van der Waals surface area (Å²) in [4.78, 5) is 9.76. The SMILES string of the molecule is N[C@@H](CS)C(=O)O.O.[Ca+2].[H-].[H-].[Zn]. The number of hydrogen-bond acceptors (Lipinski definition) is 3. The van der Waals surface area contributed by atoms with Crippen LogP contribution in [0.15, 0.2) is 0 Å². The van der Waals surface area contributed by atoms with E-state index >= 15 is 0 Å².